The first-order chi connectivity index (χ1) is 10.1. The minimum absolute atomic E-state index is 0.0192. The number of amides is 1. The van der Waals surface area contributed by atoms with Gasteiger partial charge in [-0.2, -0.15) is 0 Å². The summed E-state index contributed by atoms with van der Waals surface area (Å²) in [5.41, 5.74) is 0.536. The number of rotatable bonds is 5. The van der Waals surface area contributed by atoms with Crippen molar-refractivity contribution in [1.29, 1.82) is 0 Å². The van der Waals surface area contributed by atoms with Crippen molar-refractivity contribution in [1.82, 2.24) is 10.2 Å². The van der Waals surface area contributed by atoms with Crippen molar-refractivity contribution in [3.05, 3.63) is 34.1 Å². The lowest BCUT2D eigenvalue weighted by molar-refractivity contribution is 0.0718. The van der Waals surface area contributed by atoms with E-state index in [1.165, 1.54) is 18.6 Å². The van der Waals surface area contributed by atoms with E-state index in [2.05, 4.69) is 28.2 Å². The van der Waals surface area contributed by atoms with Gasteiger partial charge in [-0.1, -0.05) is 6.92 Å². The molecule has 1 aromatic rings. The fourth-order valence-electron chi connectivity index (χ4n) is 2.77. The Balaban J connectivity index is 2.10. The van der Waals surface area contributed by atoms with Gasteiger partial charge in [0, 0.05) is 17.6 Å². The molecule has 0 bridgehead atoms. The highest BCUT2D eigenvalue weighted by atomic mass is 79.9. The number of hydrogen-bond acceptors (Lipinski definition) is 2. The van der Waals surface area contributed by atoms with Crippen molar-refractivity contribution in [3.63, 3.8) is 0 Å². The standard InChI is InChI=1S/C16H22BrFN2O/c1-2-8-20(11-12-4-3-7-19-10-12)16(21)14-6-5-13(18)9-15(14)17/h5-6,9,12,19H,2-4,7-8,10-11H2,1H3. The smallest absolute Gasteiger partial charge is 0.255 e. The van der Waals surface area contributed by atoms with Crippen LogP contribution >= 0.6 is 15.9 Å². The minimum atomic E-state index is -0.336. The summed E-state index contributed by atoms with van der Waals surface area (Å²) >= 11 is 3.29. The zero-order valence-electron chi connectivity index (χ0n) is 12.4. The largest absolute Gasteiger partial charge is 0.338 e. The summed E-state index contributed by atoms with van der Waals surface area (Å²) in [6, 6.07) is 4.24. The molecule has 5 heteroatoms. The summed E-state index contributed by atoms with van der Waals surface area (Å²) in [4.78, 5) is 14.6. The second-order valence-corrected chi connectivity index (χ2v) is 6.44. The van der Waals surface area contributed by atoms with Crippen LogP contribution in [0.2, 0.25) is 0 Å². The van der Waals surface area contributed by atoms with Gasteiger partial charge < -0.3 is 10.2 Å². The number of carbonyl (C=O) groups excluding carboxylic acids is 1. The molecule has 1 heterocycles. The number of nitrogens with one attached hydrogen (secondary N) is 1. The van der Waals surface area contributed by atoms with E-state index in [9.17, 15) is 9.18 Å². The van der Waals surface area contributed by atoms with Gasteiger partial charge in [-0.15, -0.1) is 0 Å². The topological polar surface area (TPSA) is 32.3 Å². The molecule has 1 aliphatic heterocycles. The summed E-state index contributed by atoms with van der Waals surface area (Å²) in [6.45, 7) is 5.61. The molecule has 1 atom stereocenters. The average molecular weight is 357 g/mol. The first-order valence-corrected chi connectivity index (χ1v) is 8.36. The molecule has 0 saturated carbocycles. The van der Waals surface area contributed by atoms with E-state index in [0.717, 1.165) is 39.0 Å². The number of piperidine rings is 1. The van der Waals surface area contributed by atoms with Crippen LogP contribution < -0.4 is 5.32 Å². The van der Waals surface area contributed by atoms with Crippen LogP contribution in [0, 0.1) is 11.7 Å². The maximum Gasteiger partial charge on any atom is 0.255 e. The lowest BCUT2D eigenvalue weighted by Gasteiger charge is -2.30. The second-order valence-electron chi connectivity index (χ2n) is 5.59. The molecule has 1 aromatic carbocycles. The fourth-order valence-corrected chi connectivity index (χ4v) is 3.29. The van der Waals surface area contributed by atoms with Gasteiger partial charge in [0.15, 0.2) is 0 Å². The molecule has 21 heavy (non-hydrogen) atoms. The van der Waals surface area contributed by atoms with Crippen molar-refractivity contribution < 1.29 is 9.18 Å². The Hall–Kier alpha value is -0.940. The Morgan fingerprint density at radius 1 is 1.52 bits per heavy atom. The zero-order valence-corrected chi connectivity index (χ0v) is 14.0. The van der Waals surface area contributed by atoms with Crippen molar-refractivity contribution >= 4 is 21.8 Å². The Morgan fingerprint density at radius 3 is 2.95 bits per heavy atom. The van der Waals surface area contributed by atoms with Crippen LogP contribution in [-0.2, 0) is 0 Å². The zero-order chi connectivity index (χ0) is 15.2. The van der Waals surface area contributed by atoms with Crippen LogP contribution in [0.5, 0.6) is 0 Å². The number of benzene rings is 1. The summed E-state index contributed by atoms with van der Waals surface area (Å²) < 4.78 is 13.7. The molecule has 1 saturated heterocycles. The molecule has 0 aliphatic carbocycles. The number of nitrogens with zero attached hydrogens (tertiary/aromatic N) is 1. The Kier molecular flexibility index (Phi) is 6.18. The molecule has 1 fully saturated rings. The molecule has 1 aliphatic rings. The van der Waals surface area contributed by atoms with E-state index in [1.807, 2.05) is 4.90 Å². The van der Waals surface area contributed by atoms with Gasteiger partial charge >= 0.3 is 0 Å². The Labute approximate surface area is 134 Å². The first kappa shape index (κ1) is 16.4. The lowest BCUT2D eigenvalue weighted by Crippen LogP contribution is -2.41. The first-order valence-electron chi connectivity index (χ1n) is 7.57. The highest BCUT2D eigenvalue weighted by Crippen LogP contribution is 2.21. The summed E-state index contributed by atoms with van der Waals surface area (Å²) in [5.74, 6) is 0.153. The average Bonchev–Trinajstić information content (AvgIpc) is 2.47. The fraction of sp³-hybridized carbons (Fsp3) is 0.562. The van der Waals surface area contributed by atoms with E-state index in [0.29, 0.717) is 16.0 Å². The second kappa shape index (κ2) is 7.90. The molecule has 0 radical (unpaired) electrons. The van der Waals surface area contributed by atoms with E-state index in [1.54, 1.807) is 6.07 Å². The monoisotopic (exact) mass is 356 g/mol. The lowest BCUT2D eigenvalue weighted by atomic mass is 9.98. The van der Waals surface area contributed by atoms with Crippen LogP contribution in [0.1, 0.15) is 36.5 Å². The molecule has 3 nitrogen and oxygen atoms in total. The Morgan fingerprint density at radius 2 is 2.33 bits per heavy atom. The molecule has 1 N–H and O–H groups in total. The van der Waals surface area contributed by atoms with Gasteiger partial charge in [-0.05, 0) is 72.4 Å². The normalized spacial score (nSPS) is 18.5. The maximum absolute atomic E-state index is 13.2. The van der Waals surface area contributed by atoms with E-state index in [4.69, 9.17) is 0 Å². The predicted molar refractivity (Wildman–Crippen MR) is 85.9 cm³/mol. The molecule has 0 spiro atoms. The molecule has 0 aromatic heterocycles. The SMILES string of the molecule is CCCN(CC1CCCNC1)C(=O)c1ccc(F)cc1Br. The van der Waals surface area contributed by atoms with Crippen LogP contribution in [0.15, 0.2) is 22.7 Å². The van der Waals surface area contributed by atoms with Gasteiger partial charge in [-0.25, -0.2) is 4.39 Å². The third-order valence-electron chi connectivity index (χ3n) is 3.82. The van der Waals surface area contributed by atoms with Crippen LogP contribution in [0.3, 0.4) is 0 Å². The summed E-state index contributed by atoms with van der Waals surface area (Å²) in [5, 5.41) is 3.38. The number of hydrogen-bond donors (Lipinski definition) is 1. The maximum atomic E-state index is 13.2. The van der Waals surface area contributed by atoms with Crippen LogP contribution in [-0.4, -0.2) is 37.0 Å². The van der Waals surface area contributed by atoms with Crippen molar-refractivity contribution in [2.45, 2.75) is 26.2 Å². The molecule has 1 amide bonds. The van der Waals surface area contributed by atoms with Gasteiger partial charge in [0.1, 0.15) is 5.82 Å². The van der Waals surface area contributed by atoms with Gasteiger partial charge in [-0.3, -0.25) is 4.79 Å². The highest BCUT2D eigenvalue weighted by molar-refractivity contribution is 9.10. The van der Waals surface area contributed by atoms with Crippen molar-refractivity contribution in [3.8, 4) is 0 Å². The highest BCUT2D eigenvalue weighted by Gasteiger charge is 2.22. The van der Waals surface area contributed by atoms with Crippen molar-refractivity contribution in [2.75, 3.05) is 26.2 Å². The minimum Gasteiger partial charge on any atom is -0.338 e. The molecule has 2 rings (SSSR count). The number of halogens is 2. The molecular formula is C16H22BrFN2O. The van der Waals surface area contributed by atoms with Crippen LogP contribution in [0.25, 0.3) is 0 Å². The van der Waals surface area contributed by atoms with Gasteiger partial charge in [0.05, 0.1) is 5.56 Å². The summed E-state index contributed by atoms with van der Waals surface area (Å²) in [6.07, 6.45) is 3.24. The third kappa shape index (κ3) is 4.51. The summed E-state index contributed by atoms with van der Waals surface area (Å²) in [7, 11) is 0. The third-order valence-corrected chi connectivity index (χ3v) is 4.48. The Bertz CT molecular complexity index is 489. The molecular weight excluding hydrogens is 335 g/mol. The molecule has 116 valence electrons. The van der Waals surface area contributed by atoms with E-state index in [-0.39, 0.29) is 11.7 Å². The van der Waals surface area contributed by atoms with Gasteiger partial charge in [0.25, 0.3) is 5.91 Å². The van der Waals surface area contributed by atoms with Gasteiger partial charge in [0.2, 0.25) is 0 Å². The van der Waals surface area contributed by atoms with Crippen LogP contribution in [0.4, 0.5) is 4.39 Å². The van der Waals surface area contributed by atoms with Crippen molar-refractivity contribution in [2.24, 2.45) is 5.92 Å². The quantitative estimate of drug-likeness (QED) is 0.876. The number of carbonyl (C=O) groups is 1. The molecule has 1 unspecified atom stereocenters. The predicted octanol–water partition coefficient (Wildman–Crippen LogP) is 3.44. The van der Waals surface area contributed by atoms with E-state index >= 15 is 0 Å². The van der Waals surface area contributed by atoms with E-state index < -0.39 is 0 Å².